The molecule has 0 aromatic carbocycles. The Labute approximate surface area is 87.4 Å². The van der Waals surface area contributed by atoms with Gasteiger partial charge in [-0.1, -0.05) is 0 Å². The van der Waals surface area contributed by atoms with Gasteiger partial charge >= 0.3 is 0 Å². The van der Waals surface area contributed by atoms with Crippen molar-refractivity contribution in [3.63, 3.8) is 0 Å². The van der Waals surface area contributed by atoms with E-state index in [1.54, 1.807) is 13.8 Å². The van der Waals surface area contributed by atoms with Crippen LogP contribution < -0.4 is 0 Å². The van der Waals surface area contributed by atoms with E-state index in [1.807, 2.05) is 0 Å². The minimum absolute atomic E-state index is 0.429. The van der Waals surface area contributed by atoms with Crippen LogP contribution in [0.3, 0.4) is 0 Å². The van der Waals surface area contributed by atoms with Gasteiger partial charge in [0.15, 0.2) is 12.1 Å². The third kappa shape index (κ3) is 1.57. The minimum atomic E-state index is -1.28. The molecule has 88 valence electrons. The fourth-order valence-electron chi connectivity index (χ4n) is 2.08. The summed E-state index contributed by atoms with van der Waals surface area (Å²) >= 11 is 0. The van der Waals surface area contributed by atoms with Gasteiger partial charge in [-0.3, -0.25) is 0 Å². The molecule has 6 heteroatoms. The van der Waals surface area contributed by atoms with Gasteiger partial charge in [-0.15, -0.1) is 0 Å². The van der Waals surface area contributed by atoms with E-state index < -0.39 is 43.1 Å². The van der Waals surface area contributed by atoms with Gasteiger partial charge in [-0.2, -0.15) is 0 Å². The summed E-state index contributed by atoms with van der Waals surface area (Å²) < 4.78 is 16.1. The van der Waals surface area contributed by atoms with Gasteiger partial charge in [0.2, 0.25) is 0 Å². The van der Waals surface area contributed by atoms with Crippen molar-refractivity contribution in [2.45, 2.75) is 43.7 Å². The molecular weight excluding hydrogens is 204 g/mol. The SMILES string of the molecule is CC1(C)OC2C(O)OC(CO)(CO)C2O1. The lowest BCUT2D eigenvalue weighted by molar-refractivity contribution is -0.256. The van der Waals surface area contributed by atoms with E-state index in [2.05, 4.69) is 0 Å². The molecule has 0 aromatic heterocycles. The second-order valence-corrected chi connectivity index (χ2v) is 4.41. The van der Waals surface area contributed by atoms with E-state index in [0.717, 1.165) is 0 Å². The zero-order chi connectivity index (χ0) is 11.3. The average Bonchev–Trinajstić information content (AvgIpc) is 2.61. The largest absolute Gasteiger partial charge is 0.393 e. The van der Waals surface area contributed by atoms with Gasteiger partial charge in [-0.25, -0.2) is 0 Å². The molecule has 3 atom stereocenters. The van der Waals surface area contributed by atoms with Gasteiger partial charge in [-0.05, 0) is 13.8 Å². The van der Waals surface area contributed by atoms with Crippen molar-refractivity contribution in [2.24, 2.45) is 0 Å². The van der Waals surface area contributed by atoms with Crippen LogP contribution in [0.25, 0.3) is 0 Å². The lowest BCUT2D eigenvalue weighted by Crippen LogP contribution is -2.49. The van der Waals surface area contributed by atoms with E-state index in [0.29, 0.717) is 0 Å². The first kappa shape index (κ1) is 11.3. The fraction of sp³-hybridized carbons (Fsp3) is 1.00. The number of aliphatic hydroxyl groups is 3. The molecule has 2 saturated heterocycles. The predicted octanol–water partition coefficient (Wildman–Crippen LogP) is -1.42. The Morgan fingerprint density at radius 3 is 2.20 bits per heavy atom. The molecule has 2 rings (SSSR count). The third-order valence-corrected chi connectivity index (χ3v) is 2.82. The number of hydrogen-bond acceptors (Lipinski definition) is 6. The van der Waals surface area contributed by atoms with Crippen LogP contribution in [0.5, 0.6) is 0 Å². The molecule has 0 spiro atoms. The highest BCUT2D eigenvalue weighted by atomic mass is 16.8. The molecule has 0 bridgehead atoms. The minimum Gasteiger partial charge on any atom is -0.393 e. The Morgan fingerprint density at radius 2 is 1.67 bits per heavy atom. The lowest BCUT2D eigenvalue weighted by atomic mass is 9.97. The molecule has 2 aliphatic rings. The zero-order valence-electron chi connectivity index (χ0n) is 8.71. The maximum absolute atomic E-state index is 9.58. The van der Waals surface area contributed by atoms with E-state index in [9.17, 15) is 15.3 Å². The number of ether oxygens (including phenoxy) is 3. The van der Waals surface area contributed by atoms with Crippen LogP contribution in [0.15, 0.2) is 0 Å². The molecule has 0 aromatic rings. The molecule has 2 heterocycles. The standard InChI is InChI=1S/C9H16O6/c1-8(2)13-5-6(14-8)9(3-10,4-11)15-7(5)12/h5-7,10-12H,3-4H2,1-2H3. The summed E-state index contributed by atoms with van der Waals surface area (Å²) in [5.74, 6) is -0.838. The van der Waals surface area contributed by atoms with Crippen LogP contribution in [-0.2, 0) is 14.2 Å². The molecular formula is C9H16O6. The lowest BCUT2D eigenvalue weighted by Gasteiger charge is -2.30. The van der Waals surface area contributed by atoms with Crippen LogP contribution in [0, 0.1) is 0 Å². The second-order valence-electron chi connectivity index (χ2n) is 4.41. The highest BCUT2D eigenvalue weighted by molar-refractivity contribution is 5.04. The van der Waals surface area contributed by atoms with Crippen LogP contribution >= 0.6 is 0 Å². The van der Waals surface area contributed by atoms with Crippen molar-refractivity contribution < 1.29 is 29.5 Å². The maximum Gasteiger partial charge on any atom is 0.184 e. The zero-order valence-corrected chi connectivity index (χ0v) is 8.71. The highest BCUT2D eigenvalue weighted by Crippen LogP contribution is 2.42. The number of hydrogen-bond donors (Lipinski definition) is 3. The van der Waals surface area contributed by atoms with Crippen molar-refractivity contribution in [3.8, 4) is 0 Å². The summed E-state index contributed by atoms with van der Waals surface area (Å²) in [5.41, 5.74) is -1.28. The van der Waals surface area contributed by atoms with Crippen molar-refractivity contribution in [1.29, 1.82) is 0 Å². The van der Waals surface area contributed by atoms with Gasteiger partial charge in [0.1, 0.15) is 17.8 Å². The predicted molar refractivity (Wildman–Crippen MR) is 47.8 cm³/mol. The van der Waals surface area contributed by atoms with Crippen molar-refractivity contribution in [3.05, 3.63) is 0 Å². The van der Waals surface area contributed by atoms with Gasteiger partial charge in [0.25, 0.3) is 0 Å². The molecule has 0 amide bonds. The number of fused-ring (bicyclic) bond motifs is 1. The summed E-state index contributed by atoms with van der Waals surface area (Å²) in [4.78, 5) is 0. The van der Waals surface area contributed by atoms with Gasteiger partial charge in [0.05, 0.1) is 13.2 Å². The smallest absolute Gasteiger partial charge is 0.184 e. The van der Waals surface area contributed by atoms with Crippen molar-refractivity contribution in [1.82, 2.24) is 0 Å². The quantitative estimate of drug-likeness (QED) is 0.529. The molecule has 0 saturated carbocycles. The van der Waals surface area contributed by atoms with Crippen molar-refractivity contribution >= 4 is 0 Å². The first-order valence-electron chi connectivity index (χ1n) is 4.87. The average molecular weight is 220 g/mol. The molecule has 3 unspecified atom stereocenters. The molecule has 6 nitrogen and oxygen atoms in total. The second kappa shape index (κ2) is 3.38. The van der Waals surface area contributed by atoms with E-state index in [4.69, 9.17) is 14.2 Å². The van der Waals surface area contributed by atoms with E-state index in [-0.39, 0.29) is 0 Å². The molecule has 2 fully saturated rings. The van der Waals surface area contributed by atoms with E-state index in [1.165, 1.54) is 0 Å². The fourth-order valence-corrected chi connectivity index (χ4v) is 2.08. The Balaban J connectivity index is 2.25. The number of rotatable bonds is 2. The molecule has 2 aliphatic heterocycles. The molecule has 15 heavy (non-hydrogen) atoms. The molecule has 3 N–H and O–H groups in total. The van der Waals surface area contributed by atoms with Crippen LogP contribution in [0.1, 0.15) is 13.8 Å². The summed E-state index contributed by atoms with van der Waals surface area (Å²) in [6.07, 6.45) is -2.51. The number of aliphatic hydroxyl groups excluding tert-OH is 3. The maximum atomic E-state index is 9.58. The van der Waals surface area contributed by atoms with E-state index >= 15 is 0 Å². The Hall–Kier alpha value is -0.240. The molecule has 0 aliphatic carbocycles. The van der Waals surface area contributed by atoms with Gasteiger partial charge < -0.3 is 29.5 Å². The van der Waals surface area contributed by atoms with Crippen LogP contribution in [0.4, 0.5) is 0 Å². The first-order chi connectivity index (χ1) is 6.94. The summed E-state index contributed by atoms with van der Waals surface area (Å²) in [6, 6.07) is 0. The Bertz CT molecular complexity index is 249. The summed E-state index contributed by atoms with van der Waals surface area (Å²) in [7, 11) is 0. The normalized spacial score (nSPS) is 41.8. The monoisotopic (exact) mass is 220 g/mol. The highest BCUT2D eigenvalue weighted by Gasteiger charge is 2.62. The molecule has 0 radical (unpaired) electrons. The summed E-state index contributed by atoms with van der Waals surface area (Å²) in [5, 5.41) is 28.0. The topological polar surface area (TPSA) is 88.4 Å². The Kier molecular flexibility index (Phi) is 2.53. The van der Waals surface area contributed by atoms with Gasteiger partial charge in [0, 0.05) is 0 Å². The summed E-state index contributed by atoms with van der Waals surface area (Å²) in [6.45, 7) is 2.55. The van der Waals surface area contributed by atoms with Crippen LogP contribution in [-0.4, -0.2) is 58.4 Å². The third-order valence-electron chi connectivity index (χ3n) is 2.82. The Morgan fingerprint density at radius 1 is 1.07 bits per heavy atom. The van der Waals surface area contributed by atoms with Crippen molar-refractivity contribution in [2.75, 3.05) is 13.2 Å². The first-order valence-corrected chi connectivity index (χ1v) is 4.87. The van der Waals surface area contributed by atoms with Crippen LogP contribution in [0.2, 0.25) is 0 Å².